The van der Waals surface area contributed by atoms with Crippen molar-refractivity contribution in [1.82, 2.24) is 15.5 Å². The molecule has 1 saturated heterocycles. The molecule has 0 aromatic heterocycles. The van der Waals surface area contributed by atoms with Gasteiger partial charge in [-0.25, -0.2) is 4.79 Å². The molecule has 1 heterocycles. The van der Waals surface area contributed by atoms with Gasteiger partial charge in [0, 0.05) is 19.0 Å². The van der Waals surface area contributed by atoms with Gasteiger partial charge in [0.25, 0.3) is 0 Å². The largest absolute Gasteiger partial charge is 0.334 e. The second-order valence-electron chi connectivity index (χ2n) is 7.30. The lowest BCUT2D eigenvalue weighted by Gasteiger charge is -2.37. The van der Waals surface area contributed by atoms with Gasteiger partial charge < -0.3 is 10.2 Å². The lowest BCUT2D eigenvalue weighted by molar-refractivity contribution is -0.137. The number of urea groups is 1. The Morgan fingerprint density at radius 3 is 2.58 bits per heavy atom. The van der Waals surface area contributed by atoms with E-state index in [1.165, 1.54) is 6.42 Å². The van der Waals surface area contributed by atoms with Gasteiger partial charge in [0.05, 0.1) is 0 Å². The first-order chi connectivity index (χ1) is 12.5. The van der Waals surface area contributed by atoms with E-state index < -0.39 is 12.1 Å². The molecule has 1 saturated carbocycles. The number of imide groups is 1. The van der Waals surface area contributed by atoms with Crippen LogP contribution in [0.25, 0.3) is 0 Å². The summed E-state index contributed by atoms with van der Waals surface area (Å²) < 4.78 is 0. The molecule has 6 heteroatoms. The average molecular weight is 357 g/mol. The molecule has 1 aliphatic heterocycles. The fourth-order valence-corrected chi connectivity index (χ4v) is 3.87. The van der Waals surface area contributed by atoms with Crippen molar-refractivity contribution in [2.24, 2.45) is 0 Å². The van der Waals surface area contributed by atoms with Gasteiger partial charge in [0.1, 0.15) is 6.04 Å². The van der Waals surface area contributed by atoms with Crippen LogP contribution in [0.15, 0.2) is 24.3 Å². The first-order valence-corrected chi connectivity index (χ1v) is 9.50. The van der Waals surface area contributed by atoms with E-state index >= 15 is 0 Å². The maximum Gasteiger partial charge on any atom is 0.322 e. The maximum absolute atomic E-state index is 13.3. The van der Waals surface area contributed by atoms with Gasteiger partial charge in [0.2, 0.25) is 11.8 Å². The van der Waals surface area contributed by atoms with Crippen molar-refractivity contribution >= 4 is 17.8 Å². The summed E-state index contributed by atoms with van der Waals surface area (Å²) in [6.45, 7) is 2.60. The Kier molecular flexibility index (Phi) is 5.91. The Morgan fingerprint density at radius 2 is 1.85 bits per heavy atom. The van der Waals surface area contributed by atoms with E-state index in [1.54, 1.807) is 0 Å². The third kappa shape index (κ3) is 4.42. The number of hydrogen-bond acceptors (Lipinski definition) is 3. The highest BCUT2D eigenvalue weighted by molar-refractivity contribution is 5.98. The predicted octanol–water partition coefficient (Wildman–Crippen LogP) is 2.64. The van der Waals surface area contributed by atoms with E-state index in [0.717, 1.165) is 36.8 Å². The van der Waals surface area contributed by atoms with Crippen LogP contribution in [0.4, 0.5) is 4.79 Å². The Bertz CT molecular complexity index is 683. The van der Waals surface area contributed by atoms with E-state index in [0.29, 0.717) is 13.0 Å². The summed E-state index contributed by atoms with van der Waals surface area (Å²) in [5.41, 5.74) is 2.28. The Morgan fingerprint density at radius 1 is 1.12 bits per heavy atom. The molecule has 1 atom stereocenters. The topological polar surface area (TPSA) is 78.5 Å². The molecule has 140 valence electrons. The monoisotopic (exact) mass is 357 g/mol. The SMILES string of the molecule is Cc1ccccc1CN(C(=O)[C@@H]1CCC(=O)NC(=O)N1)C1CCCCC1. The molecule has 1 aliphatic carbocycles. The number of carbonyl (C=O) groups excluding carboxylic acids is 3. The minimum atomic E-state index is -0.646. The molecule has 6 nitrogen and oxygen atoms in total. The van der Waals surface area contributed by atoms with Gasteiger partial charge in [-0.1, -0.05) is 43.5 Å². The fraction of sp³-hybridized carbons (Fsp3) is 0.550. The fourth-order valence-electron chi connectivity index (χ4n) is 3.87. The predicted molar refractivity (Wildman–Crippen MR) is 98.3 cm³/mol. The van der Waals surface area contributed by atoms with Crippen LogP contribution < -0.4 is 10.6 Å². The summed E-state index contributed by atoms with van der Waals surface area (Å²) in [5.74, 6) is -0.411. The van der Waals surface area contributed by atoms with Crippen LogP contribution in [0, 0.1) is 6.92 Å². The van der Waals surface area contributed by atoms with Crippen LogP contribution in [0.3, 0.4) is 0 Å². The first kappa shape index (κ1) is 18.4. The average Bonchev–Trinajstić information content (AvgIpc) is 2.81. The standard InChI is InChI=1S/C20H27N3O3/c1-14-7-5-6-8-15(14)13-23(16-9-3-2-4-10-16)19(25)17-11-12-18(24)22-20(26)21-17/h5-8,16-17H,2-4,9-13H2,1H3,(H2,21,22,24,26)/t17-/m0/s1. The number of nitrogens with zero attached hydrogens (tertiary/aromatic N) is 1. The lowest BCUT2D eigenvalue weighted by atomic mass is 9.92. The van der Waals surface area contributed by atoms with Crippen molar-refractivity contribution in [2.45, 2.75) is 70.5 Å². The highest BCUT2D eigenvalue weighted by Crippen LogP contribution is 2.26. The zero-order chi connectivity index (χ0) is 18.5. The molecular weight excluding hydrogens is 330 g/mol. The number of carbonyl (C=O) groups is 3. The molecule has 3 rings (SSSR count). The van der Waals surface area contributed by atoms with Crippen molar-refractivity contribution < 1.29 is 14.4 Å². The van der Waals surface area contributed by atoms with Crippen LogP contribution in [0.5, 0.6) is 0 Å². The lowest BCUT2D eigenvalue weighted by Crippen LogP contribution is -2.52. The highest BCUT2D eigenvalue weighted by Gasteiger charge is 2.33. The van der Waals surface area contributed by atoms with Crippen LogP contribution >= 0.6 is 0 Å². The van der Waals surface area contributed by atoms with Crippen LogP contribution in [0.1, 0.15) is 56.1 Å². The summed E-state index contributed by atoms with van der Waals surface area (Å²) in [7, 11) is 0. The van der Waals surface area contributed by atoms with Crippen LogP contribution in [0.2, 0.25) is 0 Å². The minimum absolute atomic E-state index is 0.0787. The number of aryl methyl sites for hydroxylation is 1. The van der Waals surface area contributed by atoms with Gasteiger partial charge in [0.15, 0.2) is 0 Å². The summed E-state index contributed by atoms with van der Waals surface area (Å²) in [6, 6.07) is 7.05. The van der Waals surface area contributed by atoms with E-state index in [-0.39, 0.29) is 24.3 Å². The summed E-state index contributed by atoms with van der Waals surface area (Å²) in [5, 5.41) is 4.91. The highest BCUT2D eigenvalue weighted by atomic mass is 16.2. The van der Waals surface area contributed by atoms with Crippen molar-refractivity contribution in [3.05, 3.63) is 35.4 Å². The molecule has 0 radical (unpaired) electrons. The first-order valence-electron chi connectivity index (χ1n) is 9.50. The molecule has 1 aromatic rings. The molecule has 0 spiro atoms. The van der Waals surface area contributed by atoms with Crippen molar-refractivity contribution in [2.75, 3.05) is 0 Å². The molecule has 2 aliphatic rings. The number of nitrogens with one attached hydrogen (secondary N) is 2. The van der Waals surface area contributed by atoms with Gasteiger partial charge >= 0.3 is 6.03 Å². The Labute approximate surface area is 154 Å². The zero-order valence-corrected chi connectivity index (χ0v) is 15.3. The number of hydrogen-bond donors (Lipinski definition) is 2. The second-order valence-corrected chi connectivity index (χ2v) is 7.30. The minimum Gasteiger partial charge on any atom is -0.334 e. The quantitative estimate of drug-likeness (QED) is 0.869. The van der Waals surface area contributed by atoms with Gasteiger partial charge in [-0.2, -0.15) is 0 Å². The number of benzene rings is 1. The normalized spacial score (nSPS) is 21.5. The molecule has 0 bridgehead atoms. The molecule has 1 aromatic carbocycles. The third-order valence-electron chi connectivity index (χ3n) is 5.42. The van der Waals surface area contributed by atoms with E-state index in [2.05, 4.69) is 29.7 Å². The van der Waals surface area contributed by atoms with Crippen molar-refractivity contribution in [1.29, 1.82) is 0 Å². The van der Waals surface area contributed by atoms with Crippen molar-refractivity contribution in [3.8, 4) is 0 Å². The van der Waals surface area contributed by atoms with Crippen LogP contribution in [-0.4, -0.2) is 34.8 Å². The summed E-state index contributed by atoms with van der Waals surface area (Å²) >= 11 is 0. The molecular formula is C20H27N3O3. The van der Waals surface area contributed by atoms with Crippen molar-refractivity contribution in [3.63, 3.8) is 0 Å². The molecule has 2 fully saturated rings. The smallest absolute Gasteiger partial charge is 0.322 e. The van der Waals surface area contributed by atoms with Gasteiger partial charge in [-0.05, 0) is 37.3 Å². The van der Waals surface area contributed by atoms with Gasteiger partial charge in [-0.15, -0.1) is 0 Å². The van der Waals surface area contributed by atoms with E-state index in [9.17, 15) is 14.4 Å². The van der Waals surface area contributed by atoms with E-state index in [1.807, 2.05) is 17.0 Å². The van der Waals surface area contributed by atoms with Crippen LogP contribution in [-0.2, 0) is 16.1 Å². The zero-order valence-electron chi connectivity index (χ0n) is 15.3. The number of rotatable bonds is 4. The third-order valence-corrected chi connectivity index (χ3v) is 5.42. The molecule has 4 amide bonds. The molecule has 0 unspecified atom stereocenters. The summed E-state index contributed by atoms with van der Waals surface area (Å²) in [4.78, 5) is 38.6. The second kappa shape index (κ2) is 8.34. The molecule has 26 heavy (non-hydrogen) atoms. The van der Waals surface area contributed by atoms with E-state index in [4.69, 9.17) is 0 Å². The summed E-state index contributed by atoms with van der Waals surface area (Å²) in [6.07, 6.45) is 5.97. The maximum atomic E-state index is 13.3. The Balaban J connectivity index is 1.81. The Hall–Kier alpha value is -2.37. The number of amides is 4. The molecule has 2 N–H and O–H groups in total. The van der Waals surface area contributed by atoms with Gasteiger partial charge in [-0.3, -0.25) is 14.9 Å².